The molecule has 1 atom stereocenters. The lowest BCUT2D eigenvalue weighted by Crippen LogP contribution is -2.46. The summed E-state index contributed by atoms with van der Waals surface area (Å²) in [5.41, 5.74) is 2.12. The number of thioether (sulfide) groups is 1. The van der Waals surface area contributed by atoms with Gasteiger partial charge in [-0.05, 0) is 60.5 Å². The van der Waals surface area contributed by atoms with E-state index >= 15 is 0 Å². The molecule has 0 radical (unpaired) electrons. The van der Waals surface area contributed by atoms with Crippen LogP contribution in [0.3, 0.4) is 0 Å². The monoisotopic (exact) mass is 507 g/mol. The molecule has 9 heteroatoms. The van der Waals surface area contributed by atoms with E-state index < -0.39 is 11.1 Å². The molecule has 186 valence electrons. The number of methoxy groups -OCH3 is 2. The van der Waals surface area contributed by atoms with Crippen molar-refractivity contribution in [1.82, 2.24) is 4.90 Å². The normalized spacial score (nSPS) is 16.6. The minimum absolute atomic E-state index is 0.0252. The fraction of sp³-hybridized carbons (Fsp3) is 0.222. The number of amidine groups is 1. The van der Waals surface area contributed by atoms with Crippen LogP contribution in [-0.4, -0.2) is 47.9 Å². The highest BCUT2D eigenvalue weighted by Gasteiger charge is 2.35. The lowest BCUT2D eigenvalue weighted by molar-refractivity contribution is -0.129. The molecule has 1 heterocycles. The fourth-order valence-corrected chi connectivity index (χ4v) is 4.83. The molecule has 1 aliphatic heterocycles. The molecule has 1 saturated heterocycles. The third kappa shape index (κ3) is 6.23. The predicted octanol–water partition coefficient (Wildman–Crippen LogP) is 5.05. The van der Waals surface area contributed by atoms with Crippen molar-refractivity contribution in [3.63, 3.8) is 0 Å². The van der Waals surface area contributed by atoms with Crippen molar-refractivity contribution >= 4 is 40.1 Å². The van der Waals surface area contributed by atoms with Gasteiger partial charge in [0.1, 0.15) is 11.1 Å². The number of carbonyl (C=O) groups is 2. The Balaban J connectivity index is 1.53. The molecule has 0 unspecified atom stereocenters. The number of anilines is 1. The van der Waals surface area contributed by atoms with Crippen LogP contribution in [0.1, 0.15) is 12.0 Å². The van der Waals surface area contributed by atoms with Gasteiger partial charge < -0.3 is 14.8 Å². The van der Waals surface area contributed by atoms with Crippen molar-refractivity contribution in [2.75, 3.05) is 26.1 Å². The molecule has 0 saturated carbocycles. The summed E-state index contributed by atoms with van der Waals surface area (Å²) in [5, 5.41) is 2.55. The van der Waals surface area contributed by atoms with Gasteiger partial charge in [-0.25, -0.2) is 9.38 Å². The molecule has 0 aliphatic carbocycles. The second-order valence-corrected chi connectivity index (χ2v) is 9.19. The highest BCUT2D eigenvalue weighted by Crippen LogP contribution is 2.31. The number of amides is 2. The van der Waals surface area contributed by atoms with Crippen molar-refractivity contribution < 1.29 is 23.5 Å². The number of benzene rings is 3. The van der Waals surface area contributed by atoms with Gasteiger partial charge in [-0.2, -0.15) is 0 Å². The van der Waals surface area contributed by atoms with E-state index in [1.54, 1.807) is 19.1 Å². The van der Waals surface area contributed by atoms with Crippen LogP contribution in [-0.2, 0) is 16.0 Å². The Hall–Kier alpha value is -3.85. The number of aliphatic imine (C=N–C) groups is 1. The van der Waals surface area contributed by atoms with Gasteiger partial charge in [0.2, 0.25) is 11.8 Å². The van der Waals surface area contributed by atoms with Gasteiger partial charge in [0.05, 0.1) is 19.9 Å². The van der Waals surface area contributed by atoms with E-state index in [2.05, 4.69) is 10.3 Å². The number of carbonyl (C=O) groups excluding carboxylic acids is 2. The van der Waals surface area contributed by atoms with E-state index in [0.717, 1.165) is 5.56 Å². The summed E-state index contributed by atoms with van der Waals surface area (Å²) in [4.78, 5) is 32.5. The predicted molar refractivity (Wildman–Crippen MR) is 140 cm³/mol. The van der Waals surface area contributed by atoms with E-state index in [1.165, 1.54) is 36.0 Å². The summed E-state index contributed by atoms with van der Waals surface area (Å²) in [6.45, 7) is 0.388. The summed E-state index contributed by atoms with van der Waals surface area (Å²) in [6, 6.07) is 20.4. The summed E-state index contributed by atoms with van der Waals surface area (Å²) >= 11 is 1.24. The highest BCUT2D eigenvalue weighted by atomic mass is 32.2. The Bertz CT molecular complexity index is 1250. The van der Waals surface area contributed by atoms with Crippen LogP contribution in [0.2, 0.25) is 0 Å². The molecular formula is C27H26FN3O4S. The Kier molecular flexibility index (Phi) is 8.22. The second-order valence-electron chi connectivity index (χ2n) is 8.02. The van der Waals surface area contributed by atoms with Gasteiger partial charge in [-0.3, -0.25) is 14.5 Å². The molecule has 3 aromatic rings. The Labute approximate surface area is 213 Å². The topological polar surface area (TPSA) is 80.2 Å². The number of para-hydroxylation sites is 1. The average Bonchev–Trinajstić information content (AvgIpc) is 2.89. The molecule has 4 rings (SSSR count). The van der Waals surface area contributed by atoms with Crippen molar-refractivity contribution in [2.24, 2.45) is 4.99 Å². The Morgan fingerprint density at radius 2 is 1.78 bits per heavy atom. The number of ether oxygens (including phenoxy) is 2. The molecule has 2 amide bonds. The zero-order valence-electron chi connectivity index (χ0n) is 19.9. The van der Waals surface area contributed by atoms with Crippen LogP contribution >= 0.6 is 11.8 Å². The molecule has 36 heavy (non-hydrogen) atoms. The SMILES string of the molecule is COc1ccc(CCN2C(=O)C[C@H](C(=O)Nc3ccc(F)cc3)SC2=Nc2ccccc2)cc1OC. The molecule has 1 N–H and O–H groups in total. The van der Waals surface area contributed by atoms with E-state index in [0.29, 0.717) is 41.0 Å². The third-order valence-corrected chi connectivity index (χ3v) is 6.78. The number of nitrogens with one attached hydrogen (secondary N) is 1. The maximum absolute atomic E-state index is 13.2. The van der Waals surface area contributed by atoms with Gasteiger partial charge in [0.15, 0.2) is 16.7 Å². The van der Waals surface area contributed by atoms with Crippen LogP contribution in [0.5, 0.6) is 11.5 Å². The zero-order chi connectivity index (χ0) is 25.5. The van der Waals surface area contributed by atoms with Gasteiger partial charge in [0, 0.05) is 18.7 Å². The van der Waals surface area contributed by atoms with E-state index in [1.807, 2.05) is 48.5 Å². The van der Waals surface area contributed by atoms with E-state index in [4.69, 9.17) is 9.47 Å². The van der Waals surface area contributed by atoms with Gasteiger partial charge >= 0.3 is 0 Å². The van der Waals surface area contributed by atoms with Crippen molar-refractivity contribution in [3.05, 3.63) is 84.2 Å². The molecule has 0 spiro atoms. The molecular weight excluding hydrogens is 481 g/mol. The zero-order valence-corrected chi connectivity index (χ0v) is 20.8. The maximum atomic E-state index is 13.2. The number of nitrogens with zero attached hydrogens (tertiary/aromatic N) is 2. The molecule has 1 aliphatic rings. The van der Waals surface area contributed by atoms with E-state index in [-0.39, 0.29) is 18.2 Å². The smallest absolute Gasteiger partial charge is 0.238 e. The van der Waals surface area contributed by atoms with Gasteiger partial charge in [-0.1, -0.05) is 36.0 Å². The van der Waals surface area contributed by atoms with Crippen LogP contribution in [0.15, 0.2) is 77.8 Å². The third-order valence-electron chi connectivity index (χ3n) is 5.60. The number of hydrogen-bond acceptors (Lipinski definition) is 6. The van der Waals surface area contributed by atoms with E-state index in [9.17, 15) is 14.0 Å². The summed E-state index contributed by atoms with van der Waals surface area (Å²) in [7, 11) is 3.16. The minimum atomic E-state index is -0.664. The van der Waals surface area contributed by atoms with Crippen molar-refractivity contribution in [1.29, 1.82) is 0 Å². The maximum Gasteiger partial charge on any atom is 0.238 e. The Morgan fingerprint density at radius 3 is 2.47 bits per heavy atom. The standard InChI is InChI=1S/C27H26FN3O4S/c1-34-22-13-8-18(16-23(22)35-2)14-15-31-25(32)17-24(26(33)29-21-11-9-19(28)10-12-21)36-27(31)30-20-6-4-3-5-7-20/h3-13,16,24H,14-15,17H2,1-2H3,(H,29,33)/t24-/m1/s1. The summed E-state index contributed by atoms with van der Waals surface area (Å²) in [6.07, 6.45) is 0.588. The number of rotatable bonds is 8. The first kappa shape index (κ1) is 25.2. The first-order valence-electron chi connectivity index (χ1n) is 11.3. The van der Waals surface area contributed by atoms with Gasteiger partial charge in [0.25, 0.3) is 0 Å². The van der Waals surface area contributed by atoms with Crippen LogP contribution < -0.4 is 14.8 Å². The lowest BCUT2D eigenvalue weighted by Gasteiger charge is -2.32. The molecule has 0 bridgehead atoms. The summed E-state index contributed by atoms with van der Waals surface area (Å²) in [5.74, 6) is 0.332. The highest BCUT2D eigenvalue weighted by molar-refractivity contribution is 8.15. The van der Waals surface area contributed by atoms with Crippen LogP contribution in [0.25, 0.3) is 0 Å². The van der Waals surface area contributed by atoms with Crippen LogP contribution in [0.4, 0.5) is 15.8 Å². The lowest BCUT2D eigenvalue weighted by atomic mass is 10.1. The molecule has 7 nitrogen and oxygen atoms in total. The average molecular weight is 508 g/mol. The first-order chi connectivity index (χ1) is 17.5. The molecule has 1 fully saturated rings. The van der Waals surface area contributed by atoms with Crippen LogP contribution in [0, 0.1) is 5.82 Å². The minimum Gasteiger partial charge on any atom is -0.493 e. The fourth-order valence-electron chi connectivity index (χ4n) is 3.71. The molecule has 3 aromatic carbocycles. The van der Waals surface area contributed by atoms with Crippen molar-refractivity contribution in [2.45, 2.75) is 18.1 Å². The largest absolute Gasteiger partial charge is 0.493 e. The second kappa shape index (κ2) is 11.7. The quantitative estimate of drug-likeness (QED) is 0.462. The molecule has 0 aromatic heterocycles. The number of halogens is 1. The number of hydrogen-bond donors (Lipinski definition) is 1. The first-order valence-corrected chi connectivity index (χ1v) is 12.2. The van der Waals surface area contributed by atoms with Crippen molar-refractivity contribution in [3.8, 4) is 11.5 Å². The Morgan fingerprint density at radius 1 is 1.06 bits per heavy atom. The van der Waals surface area contributed by atoms with Gasteiger partial charge in [-0.15, -0.1) is 0 Å². The summed E-state index contributed by atoms with van der Waals surface area (Å²) < 4.78 is 23.9.